The zero-order valence-electron chi connectivity index (χ0n) is 13.4. The Balaban J connectivity index is 1.69. The number of carbonyl (C=O) groups excluding carboxylic acids is 1. The van der Waals surface area contributed by atoms with Crippen LogP contribution in [-0.2, 0) is 4.79 Å². The van der Waals surface area contributed by atoms with Crippen LogP contribution in [0, 0.1) is 6.92 Å². The number of carbonyl (C=O) groups is 1. The second-order valence-corrected chi connectivity index (χ2v) is 5.60. The number of nitrogens with zero attached hydrogens (tertiary/aromatic N) is 5. The monoisotopic (exact) mass is 312 g/mol. The Kier molecular flexibility index (Phi) is 4.36. The number of anilines is 3. The molecule has 1 fully saturated rings. The second-order valence-electron chi connectivity index (χ2n) is 5.60. The average Bonchev–Trinajstić information content (AvgIpc) is 2.55. The highest BCUT2D eigenvalue weighted by molar-refractivity contribution is 5.73. The van der Waals surface area contributed by atoms with Crippen LogP contribution in [-0.4, -0.2) is 51.9 Å². The fourth-order valence-electron chi connectivity index (χ4n) is 2.57. The lowest BCUT2D eigenvalue weighted by Crippen LogP contribution is -2.48. The molecular formula is C16H20N6O. The second kappa shape index (κ2) is 6.60. The molecule has 3 rings (SSSR count). The molecule has 0 aromatic carbocycles. The molecule has 0 unspecified atom stereocenters. The third-order valence-corrected chi connectivity index (χ3v) is 3.87. The summed E-state index contributed by atoms with van der Waals surface area (Å²) in [6, 6.07) is 5.83. The fourth-order valence-corrected chi connectivity index (χ4v) is 2.57. The Morgan fingerprint density at radius 3 is 2.52 bits per heavy atom. The van der Waals surface area contributed by atoms with Gasteiger partial charge in [-0.05, 0) is 24.6 Å². The molecule has 7 heteroatoms. The fraction of sp³-hybridized carbons (Fsp3) is 0.375. The molecule has 3 heterocycles. The molecule has 0 bridgehead atoms. The maximum Gasteiger partial charge on any atom is 0.219 e. The van der Waals surface area contributed by atoms with Gasteiger partial charge in [0.2, 0.25) is 5.91 Å². The summed E-state index contributed by atoms with van der Waals surface area (Å²) in [7, 11) is 0. The molecule has 2 aromatic heterocycles. The summed E-state index contributed by atoms with van der Waals surface area (Å²) in [4.78, 5) is 28.3. The molecule has 0 aliphatic carbocycles. The molecule has 0 saturated carbocycles. The number of hydrogen-bond acceptors (Lipinski definition) is 6. The molecule has 1 aliphatic rings. The molecule has 1 N–H and O–H groups in total. The quantitative estimate of drug-likeness (QED) is 0.928. The third kappa shape index (κ3) is 3.74. The normalized spacial score (nSPS) is 14.7. The van der Waals surface area contributed by atoms with Crippen molar-refractivity contribution < 1.29 is 4.79 Å². The highest BCUT2D eigenvalue weighted by Gasteiger charge is 2.19. The van der Waals surface area contributed by atoms with Crippen molar-refractivity contribution in [1.29, 1.82) is 0 Å². The van der Waals surface area contributed by atoms with Crippen molar-refractivity contribution in [2.75, 3.05) is 36.4 Å². The van der Waals surface area contributed by atoms with Crippen molar-refractivity contribution in [1.82, 2.24) is 19.9 Å². The van der Waals surface area contributed by atoms with Crippen molar-refractivity contribution in [2.45, 2.75) is 13.8 Å². The molecular weight excluding hydrogens is 292 g/mol. The van der Waals surface area contributed by atoms with Crippen molar-refractivity contribution in [3.05, 3.63) is 36.3 Å². The van der Waals surface area contributed by atoms with Crippen LogP contribution in [0.4, 0.5) is 17.5 Å². The highest BCUT2D eigenvalue weighted by Crippen LogP contribution is 2.19. The molecule has 23 heavy (non-hydrogen) atoms. The van der Waals surface area contributed by atoms with Crippen molar-refractivity contribution >= 4 is 23.4 Å². The molecule has 2 aromatic rings. The highest BCUT2D eigenvalue weighted by atomic mass is 16.2. The largest absolute Gasteiger partial charge is 0.353 e. The summed E-state index contributed by atoms with van der Waals surface area (Å²) in [5, 5.41) is 3.20. The van der Waals surface area contributed by atoms with Crippen LogP contribution in [0.1, 0.15) is 12.5 Å². The van der Waals surface area contributed by atoms with Crippen LogP contribution in [0.2, 0.25) is 0 Å². The third-order valence-electron chi connectivity index (χ3n) is 3.87. The predicted molar refractivity (Wildman–Crippen MR) is 88.8 cm³/mol. The number of piperazine rings is 1. The summed E-state index contributed by atoms with van der Waals surface area (Å²) in [6.45, 7) is 6.63. The van der Waals surface area contributed by atoms with E-state index >= 15 is 0 Å². The molecule has 1 aliphatic heterocycles. The Hall–Kier alpha value is -2.70. The summed E-state index contributed by atoms with van der Waals surface area (Å²) < 4.78 is 0. The van der Waals surface area contributed by atoms with Crippen LogP contribution < -0.4 is 10.2 Å². The molecule has 1 amide bonds. The van der Waals surface area contributed by atoms with Gasteiger partial charge in [0, 0.05) is 45.4 Å². The van der Waals surface area contributed by atoms with E-state index in [0.29, 0.717) is 5.82 Å². The minimum Gasteiger partial charge on any atom is -0.353 e. The summed E-state index contributed by atoms with van der Waals surface area (Å²) >= 11 is 0. The van der Waals surface area contributed by atoms with E-state index in [-0.39, 0.29) is 5.91 Å². The number of amides is 1. The molecule has 7 nitrogen and oxygen atoms in total. The summed E-state index contributed by atoms with van der Waals surface area (Å²) in [5.41, 5.74) is 1.14. The topological polar surface area (TPSA) is 74.2 Å². The van der Waals surface area contributed by atoms with Crippen LogP contribution in [0.15, 0.2) is 30.7 Å². The molecule has 0 atom stereocenters. The van der Waals surface area contributed by atoms with E-state index in [9.17, 15) is 4.79 Å². The average molecular weight is 312 g/mol. The first-order valence-corrected chi connectivity index (χ1v) is 7.64. The van der Waals surface area contributed by atoms with E-state index in [4.69, 9.17) is 0 Å². The van der Waals surface area contributed by atoms with Gasteiger partial charge in [-0.15, -0.1) is 0 Å². The van der Waals surface area contributed by atoms with Gasteiger partial charge in [-0.3, -0.25) is 4.79 Å². The molecule has 120 valence electrons. The van der Waals surface area contributed by atoms with Gasteiger partial charge in [-0.2, -0.15) is 0 Å². The SMILES string of the molecule is CC(=O)N1CCN(c2cc(Nc3cc(C)ccn3)ncn2)CC1. The number of pyridine rings is 1. The Bertz CT molecular complexity index is 696. The lowest BCUT2D eigenvalue weighted by atomic mass is 10.3. The van der Waals surface area contributed by atoms with E-state index < -0.39 is 0 Å². The van der Waals surface area contributed by atoms with E-state index in [1.54, 1.807) is 19.4 Å². The van der Waals surface area contributed by atoms with Crippen LogP contribution in [0.5, 0.6) is 0 Å². The number of rotatable bonds is 3. The smallest absolute Gasteiger partial charge is 0.219 e. The van der Waals surface area contributed by atoms with Crippen LogP contribution in [0.25, 0.3) is 0 Å². The minimum atomic E-state index is 0.125. The van der Waals surface area contributed by atoms with Gasteiger partial charge in [-0.25, -0.2) is 15.0 Å². The van der Waals surface area contributed by atoms with Crippen LogP contribution in [0.3, 0.4) is 0 Å². The number of aromatic nitrogens is 3. The van der Waals surface area contributed by atoms with Gasteiger partial charge in [0.1, 0.15) is 23.8 Å². The maximum absolute atomic E-state index is 11.4. The molecule has 1 saturated heterocycles. The van der Waals surface area contributed by atoms with Gasteiger partial charge in [-0.1, -0.05) is 0 Å². The van der Waals surface area contributed by atoms with Gasteiger partial charge < -0.3 is 15.1 Å². The minimum absolute atomic E-state index is 0.125. The van der Waals surface area contributed by atoms with Crippen molar-refractivity contribution in [2.24, 2.45) is 0 Å². The number of nitrogens with one attached hydrogen (secondary N) is 1. The first-order valence-electron chi connectivity index (χ1n) is 7.64. The Labute approximate surface area is 135 Å². The number of hydrogen-bond donors (Lipinski definition) is 1. The predicted octanol–water partition coefficient (Wildman–Crippen LogP) is 1.59. The van der Waals surface area contributed by atoms with E-state index in [0.717, 1.165) is 43.4 Å². The zero-order valence-corrected chi connectivity index (χ0v) is 13.4. The van der Waals surface area contributed by atoms with Gasteiger partial charge in [0.15, 0.2) is 0 Å². The lowest BCUT2D eigenvalue weighted by molar-refractivity contribution is -0.129. The van der Waals surface area contributed by atoms with Gasteiger partial charge in [0.05, 0.1) is 0 Å². The lowest BCUT2D eigenvalue weighted by Gasteiger charge is -2.34. The Morgan fingerprint density at radius 1 is 1.09 bits per heavy atom. The maximum atomic E-state index is 11.4. The van der Waals surface area contributed by atoms with E-state index in [1.165, 1.54) is 0 Å². The Morgan fingerprint density at radius 2 is 1.83 bits per heavy atom. The first kappa shape index (κ1) is 15.2. The van der Waals surface area contributed by atoms with Crippen molar-refractivity contribution in [3.8, 4) is 0 Å². The van der Waals surface area contributed by atoms with Crippen molar-refractivity contribution in [3.63, 3.8) is 0 Å². The van der Waals surface area contributed by atoms with Crippen LogP contribution >= 0.6 is 0 Å². The standard InChI is InChI=1S/C16H20N6O/c1-12-3-4-17-14(9-12)20-15-10-16(19-11-18-15)22-7-5-21(6-8-22)13(2)23/h3-4,9-11H,5-8H2,1-2H3,(H,17,18,19,20). The van der Waals surface area contributed by atoms with E-state index in [1.807, 2.05) is 30.0 Å². The van der Waals surface area contributed by atoms with Gasteiger partial charge in [0.25, 0.3) is 0 Å². The van der Waals surface area contributed by atoms with Gasteiger partial charge >= 0.3 is 0 Å². The zero-order chi connectivity index (χ0) is 16.2. The van der Waals surface area contributed by atoms with E-state index in [2.05, 4.69) is 25.2 Å². The summed E-state index contributed by atoms with van der Waals surface area (Å²) in [6.07, 6.45) is 3.31. The first-order chi connectivity index (χ1) is 11.1. The number of aryl methyl sites for hydroxylation is 1. The molecule has 0 spiro atoms. The molecule has 0 radical (unpaired) electrons. The summed E-state index contributed by atoms with van der Waals surface area (Å²) in [5.74, 6) is 2.46.